The van der Waals surface area contributed by atoms with Gasteiger partial charge in [-0.3, -0.25) is 4.79 Å². The van der Waals surface area contributed by atoms with Gasteiger partial charge in [0.25, 0.3) is 0 Å². The van der Waals surface area contributed by atoms with Gasteiger partial charge in [0.1, 0.15) is 11.0 Å². The maximum Gasteiger partial charge on any atom is 0.494 e. The zero-order valence-corrected chi connectivity index (χ0v) is 18.6. The SMILES string of the molecule is CC1Cc2cc(B3OC(C)(C)C(C)(C)O3)cc(F)c2N1C(=O)Cc1cccnc1Cl. The molecule has 0 N–H and O–H groups in total. The predicted molar refractivity (Wildman–Crippen MR) is 116 cm³/mol. The maximum atomic E-state index is 15.2. The lowest BCUT2D eigenvalue weighted by Crippen LogP contribution is -2.41. The van der Waals surface area contributed by atoms with Gasteiger partial charge >= 0.3 is 7.12 Å². The highest BCUT2D eigenvalue weighted by Gasteiger charge is 2.52. The van der Waals surface area contributed by atoms with Crippen LogP contribution < -0.4 is 10.4 Å². The van der Waals surface area contributed by atoms with E-state index in [0.717, 1.165) is 5.56 Å². The Hall–Kier alpha value is -1.96. The van der Waals surface area contributed by atoms with Crippen molar-refractivity contribution >= 4 is 35.8 Å². The van der Waals surface area contributed by atoms with Crippen LogP contribution in [0.4, 0.5) is 10.1 Å². The highest BCUT2D eigenvalue weighted by atomic mass is 35.5. The molecule has 4 rings (SSSR count). The van der Waals surface area contributed by atoms with E-state index in [4.69, 9.17) is 20.9 Å². The molecule has 2 aliphatic rings. The standard InChI is InChI=1S/C22H25BClFN2O3/c1-13-9-15-10-16(23-29-21(2,3)22(4,5)30-23)12-17(25)19(15)27(13)18(28)11-14-7-6-8-26-20(14)24/h6-8,10,12-13H,9,11H2,1-5H3. The lowest BCUT2D eigenvalue weighted by molar-refractivity contribution is -0.118. The van der Waals surface area contributed by atoms with E-state index in [-0.39, 0.29) is 23.5 Å². The van der Waals surface area contributed by atoms with Crippen LogP contribution in [0, 0.1) is 5.82 Å². The minimum absolute atomic E-state index is 0.0644. The minimum Gasteiger partial charge on any atom is -0.399 e. The maximum absolute atomic E-state index is 15.2. The quantitative estimate of drug-likeness (QED) is 0.550. The molecular formula is C22H25BClFN2O3. The molecule has 2 aliphatic heterocycles. The minimum atomic E-state index is -0.649. The normalized spacial score (nSPS) is 21.8. The molecule has 0 aliphatic carbocycles. The molecule has 1 unspecified atom stereocenters. The van der Waals surface area contributed by atoms with Gasteiger partial charge in [-0.15, -0.1) is 0 Å². The molecule has 1 aromatic heterocycles. The number of carbonyl (C=O) groups excluding carboxylic acids is 1. The third-order valence-electron chi connectivity index (χ3n) is 6.33. The first kappa shape index (κ1) is 21.3. The summed E-state index contributed by atoms with van der Waals surface area (Å²) in [5.41, 5.74) is 1.34. The third-order valence-corrected chi connectivity index (χ3v) is 6.67. The van der Waals surface area contributed by atoms with E-state index >= 15 is 4.39 Å². The second kappa shape index (κ2) is 7.33. The Bertz CT molecular complexity index is 998. The number of hydrogen-bond acceptors (Lipinski definition) is 4. The van der Waals surface area contributed by atoms with Crippen LogP contribution in [-0.4, -0.2) is 35.3 Å². The Kier molecular flexibility index (Phi) is 5.20. The Balaban J connectivity index is 1.63. The second-order valence-electron chi connectivity index (χ2n) is 9.05. The van der Waals surface area contributed by atoms with Crippen LogP contribution in [0.3, 0.4) is 0 Å². The Morgan fingerprint density at radius 2 is 1.97 bits per heavy atom. The fourth-order valence-corrected chi connectivity index (χ4v) is 4.21. The molecule has 158 valence electrons. The summed E-state index contributed by atoms with van der Waals surface area (Å²) >= 11 is 6.10. The molecule has 3 heterocycles. The molecule has 8 heteroatoms. The van der Waals surface area contributed by atoms with Crippen molar-refractivity contribution in [2.75, 3.05) is 4.90 Å². The fourth-order valence-electron chi connectivity index (χ4n) is 4.02. The van der Waals surface area contributed by atoms with Gasteiger partial charge in [-0.1, -0.05) is 23.7 Å². The number of nitrogens with zero attached hydrogens (tertiary/aromatic N) is 2. The Morgan fingerprint density at radius 3 is 2.60 bits per heavy atom. The van der Waals surface area contributed by atoms with Crippen LogP contribution in [0.25, 0.3) is 0 Å². The van der Waals surface area contributed by atoms with Crippen molar-refractivity contribution in [3.63, 3.8) is 0 Å². The lowest BCUT2D eigenvalue weighted by Gasteiger charge is -2.32. The molecule has 2 aromatic rings. The number of hydrogen-bond donors (Lipinski definition) is 0. The third kappa shape index (κ3) is 3.53. The molecule has 30 heavy (non-hydrogen) atoms. The highest BCUT2D eigenvalue weighted by Crippen LogP contribution is 2.38. The Morgan fingerprint density at radius 1 is 1.30 bits per heavy atom. The van der Waals surface area contributed by atoms with E-state index < -0.39 is 24.1 Å². The summed E-state index contributed by atoms with van der Waals surface area (Å²) in [6.07, 6.45) is 2.20. The molecular weight excluding hydrogens is 406 g/mol. The van der Waals surface area contributed by atoms with Gasteiger partial charge in [-0.05, 0) is 69.8 Å². The van der Waals surface area contributed by atoms with Crippen molar-refractivity contribution in [1.29, 1.82) is 0 Å². The van der Waals surface area contributed by atoms with Crippen LogP contribution in [-0.2, 0) is 26.9 Å². The van der Waals surface area contributed by atoms with Crippen LogP contribution in [0.1, 0.15) is 45.7 Å². The number of anilines is 1. The molecule has 0 bridgehead atoms. The van der Waals surface area contributed by atoms with Crippen LogP contribution in [0.15, 0.2) is 30.5 Å². The summed E-state index contributed by atoms with van der Waals surface area (Å²) in [5, 5.41) is 0.287. The first-order valence-corrected chi connectivity index (χ1v) is 10.5. The summed E-state index contributed by atoms with van der Waals surface area (Å²) < 4.78 is 27.4. The van der Waals surface area contributed by atoms with Crippen molar-refractivity contribution in [2.45, 2.75) is 64.7 Å². The van der Waals surface area contributed by atoms with Gasteiger partial charge < -0.3 is 14.2 Å². The zero-order chi connectivity index (χ0) is 21.8. The largest absolute Gasteiger partial charge is 0.494 e. The molecule has 1 atom stereocenters. The monoisotopic (exact) mass is 430 g/mol. The van der Waals surface area contributed by atoms with Gasteiger partial charge in [-0.2, -0.15) is 0 Å². The number of benzene rings is 1. The van der Waals surface area contributed by atoms with Crippen LogP contribution in [0.5, 0.6) is 0 Å². The van der Waals surface area contributed by atoms with Crippen molar-refractivity contribution in [2.24, 2.45) is 0 Å². The van der Waals surface area contributed by atoms with Crippen molar-refractivity contribution in [3.8, 4) is 0 Å². The van der Waals surface area contributed by atoms with Gasteiger partial charge in [0.05, 0.1) is 23.3 Å². The molecule has 1 amide bonds. The number of rotatable bonds is 3. The molecule has 0 saturated carbocycles. The average molecular weight is 431 g/mol. The molecule has 0 radical (unpaired) electrons. The topological polar surface area (TPSA) is 51.7 Å². The molecule has 1 aromatic carbocycles. The number of amides is 1. The molecule has 5 nitrogen and oxygen atoms in total. The predicted octanol–water partition coefficient (Wildman–Crippen LogP) is 3.69. The van der Waals surface area contributed by atoms with Crippen LogP contribution >= 0.6 is 11.6 Å². The van der Waals surface area contributed by atoms with E-state index in [2.05, 4.69) is 4.98 Å². The number of halogens is 2. The van der Waals surface area contributed by atoms with E-state index in [1.807, 2.05) is 40.7 Å². The summed E-state index contributed by atoms with van der Waals surface area (Å²) in [7, 11) is -0.649. The summed E-state index contributed by atoms with van der Waals surface area (Å²) in [4.78, 5) is 18.6. The van der Waals surface area contributed by atoms with Crippen molar-refractivity contribution < 1.29 is 18.5 Å². The number of aromatic nitrogens is 1. The smallest absolute Gasteiger partial charge is 0.399 e. The zero-order valence-electron chi connectivity index (χ0n) is 17.8. The second-order valence-corrected chi connectivity index (χ2v) is 9.40. The van der Waals surface area contributed by atoms with Gasteiger partial charge in [0, 0.05) is 12.2 Å². The van der Waals surface area contributed by atoms with Gasteiger partial charge in [-0.25, -0.2) is 9.37 Å². The first-order valence-electron chi connectivity index (χ1n) is 10.1. The van der Waals surface area contributed by atoms with Gasteiger partial charge in [0.2, 0.25) is 5.91 Å². The Labute approximate surface area is 181 Å². The fraction of sp³-hybridized carbons (Fsp3) is 0.455. The first-order chi connectivity index (χ1) is 14.0. The van der Waals surface area contributed by atoms with E-state index in [1.165, 1.54) is 11.0 Å². The lowest BCUT2D eigenvalue weighted by atomic mass is 9.78. The highest BCUT2D eigenvalue weighted by molar-refractivity contribution is 6.62. The average Bonchev–Trinajstić information content (AvgIpc) is 3.09. The van der Waals surface area contributed by atoms with E-state index in [9.17, 15) is 4.79 Å². The molecule has 0 spiro atoms. The number of pyridine rings is 1. The number of carbonyl (C=O) groups is 1. The van der Waals surface area contributed by atoms with E-state index in [0.29, 0.717) is 23.1 Å². The summed E-state index contributed by atoms with van der Waals surface area (Å²) in [6.45, 7) is 9.76. The van der Waals surface area contributed by atoms with Gasteiger partial charge in [0.15, 0.2) is 0 Å². The van der Waals surface area contributed by atoms with E-state index in [1.54, 1.807) is 18.3 Å². The van der Waals surface area contributed by atoms with Crippen molar-refractivity contribution in [3.05, 3.63) is 52.6 Å². The van der Waals surface area contributed by atoms with Crippen LogP contribution in [0.2, 0.25) is 5.15 Å². The summed E-state index contributed by atoms with van der Waals surface area (Å²) in [6, 6.07) is 6.63. The number of fused-ring (bicyclic) bond motifs is 1. The molecule has 1 saturated heterocycles. The molecule has 1 fully saturated rings. The van der Waals surface area contributed by atoms with Crippen molar-refractivity contribution in [1.82, 2.24) is 4.98 Å². The summed E-state index contributed by atoms with van der Waals surface area (Å²) in [5.74, 6) is -0.661.